The van der Waals surface area contributed by atoms with Gasteiger partial charge in [-0.15, -0.1) is 11.3 Å². The van der Waals surface area contributed by atoms with Crippen molar-refractivity contribution >= 4 is 17.0 Å². The van der Waals surface area contributed by atoms with E-state index >= 15 is 0 Å². The van der Waals surface area contributed by atoms with Gasteiger partial charge in [-0.2, -0.15) is 0 Å². The molecule has 0 radical (unpaired) electrons. The average molecular weight is 381 g/mol. The van der Waals surface area contributed by atoms with Crippen LogP contribution in [0.5, 0.6) is 11.5 Å². The van der Waals surface area contributed by atoms with Crippen LogP contribution in [0.3, 0.4) is 0 Å². The Labute approximate surface area is 163 Å². The Balaban J connectivity index is 1.86. The van der Waals surface area contributed by atoms with E-state index in [9.17, 15) is 0 Å². The molecule has 1 saturated carbocycles. The van der Waals surface area contributed by atoms with E-state index in [1.165, 1.54) is 24.0 Å². The maximum atomic E-state index is 5.64. The van der Waals surface area contributed by atoms with Crippen LogP contribution in [0, 0.1) is 13.8 Å². The first kappa shape index (κ1) is 17.9. The molecular formula is C22H24N2O2S. The number of aromatic nitrogens is 1. The zero-order chi connectivity index (χ0) is 19.0. The fourth-order valence-electron chi connectivity index (χ4n) is 3.42. The van der Waals surface area contributed by atoms with E-state index < -0.39 is 0 Å². The first-order valence-corrected chi connectivity index (χ1v) is 10.0. The van der Waals surface area contributed by atoms with E-state index in [0.717, 1.165) is 33.2 Å². The second-order valence-electron chi connectivity index (χ2n) is 7.03. The maximum Gasteiger partial charge on any atom is 0.190 e. The summed E-state index contributed by atoms with van der Waals surface area (Å²) < 4.78 is 13.3. The van der Waals surface area contributed by atoms with Crippen LogP contribution < -0.4 is 14.3 Å². The fourth-order valence-corrected chi connectivity index (χ4v) is 4.40. The molecule has 2 aromatic carbocycles. The van der Waals surface area contributed by atoms with Crippen LogP contribution in [0.2, 0.25) is 0 Å². The summed E-state index contributed by atoms with van der Waals surface area (Å²) in [5.41, 5.74) is 5.71. The molecule has 0 N–H and O–H groups in total. The Hall–Kier alpha value is -2.53. The predicted molar refractivity (Wildman–Crippen MR) is 110 cm³/mol. The normalized spacial score (nSPS) is 14.4. The summed E-state index contributed by atoms with van der Waals surface area (Å²) in [5, 5.41) is 2.18. The number of benzene rings is 2. The number of ether oxygens (including phenoxy) is 2. The van der Waals surface area contributed by atoms with Gasteiger partial charge < -0.3 is 14.0 Å². The molecule has 0 bridgehead atoms. The summed E-state index contributed by atoms with van der Waals surface area (Å²) >= 11 is 1.68. The zero-order valence-corrected chi connectivity index (χ0v) is 17.0. The van der Waals surface area contributed by atoms with Gasteiger partial charge in [-0.1, -0.05) is 6.07 Å². The third kappa shape index (κ3) is 3.65. The Morgan fingerprint density at radius 1 is 1.00 bits per heavy atom. The molecule has 3 aromatic rings. The Morgan fingerprint density at radius 2 is 1.74 bits per heavy atom. The summed E-state index contributed by atoms with van der Waals surface area (Å²) in [6.07, 6.45) is 2.39. The van der Waals surface area contributed by atoms with Crippen molar-refractivity contribution in [1.29, 1.82) is 0 Å². The first-order valence-electron chi connectivity index (χ1n) is 9.14. The molecule has 0 unspecified atom stereocenters. The molecule has 27 heavy (non-hydrogen) atoms. The number of rotatable bonds is 5. The lowest BCUT2D eigenvalue weighted by molar-refractivity contribution is 0.395. The van der Waals surface area contributed by atoms with Gasteiger partial charge in [0.1, 0.15) is 11.5 Å². The maximum absolute atomic E-state index is 5.64. The van der Waals surface area contributed by atoms with Crippen LogP contribution in [-0.2, 0) is 0 Å². The average Bonchev–Trinajstić information content (AvgIpc) is 3.41. The van der Waals surface area contributed by atoms with Gasteiger partial charge in [0.25, 0.3) is 0 Å². The van der Waals surface area contributed by atoms with E-state index in [1.807, 2.05) is 12.1 Å². The quantitative estimate of drug-likeness (QED) is 0.593. The van der Waals surface area contributed by atoms with Crippen molar-refractivity contribution in [3.05, 3.63) is 57.7 Å². The number of hydrogen-bond donors (Lipinski definition) is 0. The summed E-state index contributed by atoms with van der Waals surface area (Å²) in [4.78, 5) is 6.01. The minimum Gasteiger partial charge on any atom is -0.497 e. The van der Waals surface area contributed by atoms with Gasteiger partial charge in [0, 0.05) is 23.1 Å². The molecular weight excluding hydrogens is 356 g/mol. The highest BCUT2D eigenvalue weighted by Crippen LogP contribution is 2.41. The molecule has 1 heterocycles. The number of aryl methyl sites for hydroxylation is 2. The molecule has 0 amide bonds. The van der Waals surface area contributed by atoms with Crippen molar-refractivity contribution in [2.24, 2.45) is 4.99 Å². The zero-order valence-electron chi connectivity index (χ0n) is 16.2. The highest BCUT2D eigenvalue weighted by Gasteiger charge is 2.28. The van der Waals surface area contributed by atoms with Crippen LogP contribution in [0.4, 0.5) is 5.69 Å². The van der Waals surface area contributed by atoms with E-state index in [4.69, 9.17) is 14.5 Å². The van der Waals surface area contributed by atoms with Crippen LogP contribution in [0.1, 0.15) is 30.0 Å². The first-order chi connectivity index (χ1) is 13.1. The molecule has 0 aliphatic heterocycles. The molecule has 1 aliphatic carbocycles. The Kier molecular flexibility index (Phi) is 4.79. The summed E-state index contributed by atoms with van der Waals surface area (Å²) in [6, 6.07) is 12.9. The summed E-state index contributed by atoms with van der Waals surface area (Å²) in [6.45, 7) is 4.23. The highest BCUT2D eigenvalue weighted by molar-refractivity contribution is 7.07. The molecule has 0 spiro atoms. The molecule has 5 heteroatoms. The standard InChI is InChI=1S/C22H24N2O2S/c1-14-9-15(2)11-16(10-14)23-22-24(17-5-6-17)20(13-27-22)19-8-7-18(25-3)12-21(19)26-4/h7-13,17H,5-6H2,1-4H3. The van der Waals surface area contributed by atoms with Gasteiger partial charge in [-0.3, -0.25) is 0 Å². The van der Waals surface area contributed by atoms with E-state index in [0.29, 0.717) is 6.04 Å². The highest BCUT2D eigenvalue weighted by atomic mass is 32.1. The second-order valence-corrected chi connectivity index (χ2v) is 7.87. The number of nitrogens with zero attached hydrogens (tertiary/aromatic N) is 2. The minimum absolute atomic E-state index is 0.516. The fraction of sp³-hybridized carbons (Fsp3) is 0.318. The lowest BCUT2D eigenvalue weighted by Crippen LogP contribution is -2.14. The molecule has 4 rings (SSSR count). The Morgan fingerprint density at radius 3 is 2.37 bits per heavy atom. The third-order valence-corrected chi connectivity index (χ3v) is 5.61. The number of methoxy groups -OCH3 is 2. The van der Waals surface area contributed by atoms with Crippen LogP contribution in [0.25, 0.3) is 11.3 Å². The van der Waals surface area contributed by atoms with Crippen molar-refractivity contribution in [3.63, 3.8) is 0 Å². The molecule has 1 fully saturated rings. The van der Waals surface area contributed by atoms with Gasteiger partial charge in [-0.05, 0) is 62.1 Å². The molecule has 0 saturated heterocycles. The van der Waals surface area contributed by atoms with Gasteiger partial charge in [0.05, 0.1) is 25.6 Å². The lowest BCUT2D eigenvalue weighted by Gasteiger charge is -2.13. The molecule has 0 atom stereocenters. The third-order valence-electron chi connectivity index (χ3n) is 4.77. The SMILES string of the molecule is COc1ccc(-c2csc(=Nc3cc(C)cc(C)c3)n2C2CC2)c(OC)c1. The predicted octanol–water partition coefficient (Wildman–Crippen LogP) is 5.42. The van der Waals surface area contributed by atoms with Gasteiger partial charge >= 0.3 is 0 Å². The van der Waals surface area contributed by atoms with E-state index in [2.05, 4.69) is 48.1 Å². The smallest absolute Gasteiger partial charge is 0.190 e. The summed E-state index contributed by atoms with van der Waals surface area (Å²) in [5.74, 6) is 1.61. The van der Waals surface area contributed by atoms with Crippen LogP contribution >= 0.6 is 11.3 Å². The second kappa shape index (κ2) is 7.24. The van der Waals surface area contributed by atoms with Crippen molar-refractivity contribution in [3.8, 4) is 22.8 Å². The van der Waals surface area contributed by atoms with Crippen LogP contribution in [0.15, 0.2) is 46.8 Å². The van der Waals surface area contributed by atoms with Crippen molar-refractivity contribution in [2.45, 2.75) is 32.7 Å². The largest absolute Gasteiger partial charge is 0.497 e. The van der Waals surface area contributed by atoms with Crippen molar-refractivity contribution in [1.82, 2.24) is 4.57 Å². The van der Waals surface area contributed by atoms with Gasteiger partial charge in [-0.25, -0.2) is 4.99 Å². The molecule has 140 valence electrons. The van der Waals surface area contributed by atoms with Gasteiger partial charge in [0.15, 0.2) is 4.80 Å². The minimum atomic E-state index is 0.516. The number of thiazole rings is 1. The van der Waals surface area contributed by atoms with E-state index in [-0.39, 0.29) is 0 Å². The van der Waals surface area contributed by atoms with Gasteiger partial charge in [0.2, 0.25) is 0 Å². The Bertz CT molecular complexity index is 1020. The monoisotopic (exact) mass is 380 g/mol. The van der Waals surface area contributed by atoms with Crippen LogP contribution in [-0.4, -0.2) is 18.8 Å². The molecule has 1 aliphatic rings. The van der Waals surface area contributed by atoms with Crippen molar-refractivity contribution < 1.29 is 9.47 Å². The molecule has 1 aromatic heterocycles. The number of hydrogen-bond acceptors (Lipinski definition) is 4. The summed E-state index contributed by atoms with van der Waals surface area (Å²) in [7, 11) is 3.37. The molecule has 4 nitrogen and oxygen atoms in total. The lowest BCUT2D eigenvalue weighted by atomic mass is 10.1. The van der Waals surface area contributed by atoms with Crippen molar-refractivity contribution in [2.75, 3.05) is 14.2 Å². The topological polar surface area (TPSA) is 35.8 Å². The van der Waals surface area contributed by atoms with E-state index in [1.54, 1.807) is 25.6 Å².